The first-order chi connectivity index (χ1) is 9.47. The minimum Gasteiger partial charge on any atom is -0.312 e. The number of benzene rings is 1. The number of aryl methyl sites for hydroxylation is 2. The summed E-state index contributed by atoms with van der Waals surface area (Å²) >= 11 is 1.64. The summed E-state index contributed by atoms with van der Waals surface area (Å²) in [6.07, 6.45) is 0. The van der Waals surface area contributed by atoms with E-state index in [1.54, 1.807) is 30.4 Å². The lowest BCUT2D eigenvalue weighted by atomic mass is 10.1. The number of hydrogen-bond acceptors (Lipinski definition) is 3. The topological polar surface area (TPSA) is 24.9 Å². The lowest BCUT2D eigenvalue weighted by molar-refractivity contribution is 0.554. The van der Waals surface area contributed by atoms with Gasteiger partial charge in [-0.15, -0.1) is 11.3 Å². The third kappa shape index (κ3) is 3.64. The third-order valence-corrected chi connectivity index (χ3v) is 4.36. The monoisotopic (exact) mass is 292 g/mol. The van der Waals surface area contributed by atoms with Crippen molar-refractivity contribution in [3.05, 3.63) is 40.2 Å². The van der Waals surface area contributed by atoms with Crippen LogP contribution in [0.5, 0.6) is 0 Å². The zero-order chi connectivity index (χ0) is 14.7. The van der Waals surface area contributed by atoms with Gasteiger partial charge in [0.15, 0.2) is 0 Å². The van der Waals surface area contributed by atoms with E-state index in [2.05, 4.69) is 24.1 Å². The van der Waals surface area contributed by atoms with E-state index >= 15 is 0 Å². The smallest absolute Gasteiger partial charge is 0.126 e. The molecule has 1 heterocycles. The van der Waals surface area contributed by atoms with Crippen LogP contribution in [0.1, 0.15) is 30.0 Å². The number of thiazole rings is 1. The van der Waals surface area contributed by atoms with Crippen molar-refractivity contribution in [1.29, 1.82) is 0 Å². The molecule has 0 saturated heterocycles. The first kappa shape index (κ1) is 15.1. The lowest BCUT2D eigenvalue weighted by Gasteiger charge is -2.05. The number of hydrogen-bond donors (Lipinski definition) is 1. The molecule has 0 fully saturated rings. The Labute approximate surface area is 124 Å². The van der Waals surface area contributed by atoms with Crippen LogP contribution in [-0.4, -0.2) is 11.5 Å². The maximum Gasteiger partial charge on any atom is 0.126 e. The van der Waals surface area contributed by atoms with E-state index in [9.17, 15) is 4.39 Å². The minimum atomic E-state index is -0.171. The molecule has 0 aliphatic heterocycles. The van der Waals surface area contributed by atoms with Crippen LogP contribution in [0, 0.1) is 25.6 Å². The fraction of sp³-hybridized carbons (Fsp3) is 0.438. The van der Waals surface area contributed by atoms with Crippen molar-refractivity contribution < 1.29 is 4.39 Å². The SMILES string of the molecule is Cc1ccc(-c2nc(C)c(CNCC(C)C)s2)cc1F. The van der Waals surface area contributed by atoms with Gasteiger partial charge in [-0.05, 0) is 37.9 Å². The van der Waals surface area contributed by atoms with Crippen molar-refractivity contribution in [2.75, 3.05) is 6.54 Å². The number of halogens is 1. The highest BCUT2D eigenvalue weighted by molar-refractivity contribution is 7.15. The zero-order valence-electron chi connectivity index (χ0n) is 12.5. The molecule has 0 aliphatic carbocycles. The molecule has 0 unspecified atom stereocenters. The molecule has 0 saturated carbocycles. The standard InChI is InChI=1S/C16H21FN2S/c1-10(2)8-18-9-15-12(4)19-16(20-15)13-6-5-11(3)14(17)7-13/h5-7,10,18H,8-9H2,1-4H3. The van der Waals surface area contributed by atoms with E-state index in [0.29, 0.717) is 11.5 Å². The van der Waals surface area contributed by atoms with Gasteiger partial charge in [0.25, 0.3) is 0 Å². The Bertz CT molecular complexity index is 590. The van der Waals surface area contributed by atoms with Gasteiger partial charge in [-0.25, -0.2) is 9.37 Å². The summed E-state index contributed by atoms with van der Waals surface area (Å²) in [5.74, 6) is 0.462. The first-order valence-electron chi connectivity index (χ1n) is 6.91. The summed E-state index contributed by atoms with van der Waals surface area (Å²) in [5.41, 5.74) is 2.56. The Morgan fingerprint density at radius 3 is 2.70 bits per heavy atom. The summed E-state index contributed by atoms with van der Waals surface area (Å²) < 4.78 is 13.6. The van der Waals surface area contributed by atoms with E-state index in [4.69, 9.17) is 0 Å². The van der Waals surface area contributed by atoms with Gasteiger partial charge in [0.1, 0.15) is 10.8 Å². The Morgan fingerprint density at radius 2 is 2.05 bits per heavy atom. The molecular formula is C16H21FN2S. The van der Waals surface area contributed by atoms with Gasteiger partial charge in [0.05, 0.1) is 5.69 Å². The van der Waals surface area contributed by atoms with Crippen LogP contribution in [0.25, 0.3) is 10.6 Å². The normalized spacial score (nSPS) is 11.3. The molecule has 0 atom stereocenters. The fourth-order valence-electron chi connectivity index (χ4n) is 1.92. The van der Waals surface area contributed by atoms with Crippen LogP contribution in [-0.2, 0) is 6.54 Å². The maximum atomic E-state index is 13.6. The molecule has 2 rings (SSSR count). The molecule has 0 amide bonds. The summed E-state index contributed by atoms with van der Waals surface area (Å²) in [4.78, 5) is 5.79. The molecule has 4 heteroatoms. The van der Waals surface area contributed by atoms with Crippen molar-refractivity contribution in [2.24, 2.45) is 5.92 Å². The van der Waals surface area contributed by atoms with Gasteiger partial charge in [0, 0.05) is 17.0 Å². The van der Waals surface area contributed by atoms with E-state index in [1.165, 1.54) is 4.88 Å². The highest BCUT2D eigenvalue weighted by Crippen LogP contribution is 2.28. The fourth-order valence-corrected chi connectivity index (χ4v) is 2.94. The van der Waals surface area contributed by atoms with Gasteiger partial charge in [-0.2, -0.15) is 0 Å². The molecule has 1 aromatic carbocycles. The van der Waals surface area contributed by atoms with Crippen LogP contribution in [0.2, 0.25) is 0 Å². The molecule has 2 aromatic rings. The molecule has 0 radical (unpaired) electrons. The molecule has 0 aliphatic rings. The second-order valence-electron chi connectivity index (χ2n) is 5.52. The van der Waals surface area contributed by atoms with Crippen molar-refractivity contribution in [2.45, 2.75) is 34.2 Å². The first-order valence-corrected chi connectivity index (χ1v) is 7.72. The Kier molecular flexibility index (Phi) is 4.89. The van der Waals surface area contributed by atoms with Crippen LogP contribution < -0.4 is 5.32 Å². The quantitative estimate of drug-likeness (QED) is 0.888. The van der Waals surface area contributed by atoms with Crippen molar-refractivity contribution in [1.82, 2.24) is 10.3 Å². The van der Waals surface area contributed by atoms with Gasteiger partial charge in [-0.3, -0.25) is 0 Å². The summed E-state index contributed by atoms with van der Waals surface area (Å²) in [6.45, 7) is 9.98. The van der Waals surface area contributed by atoms with Crippen molar-refractivity contribution in [3.8, 4) is 10.6 Å². The van der Waals surface area contributed by atoms with E-state index in [0.717, 1.165) is 29.4 Å². The Balaban J connectivity index is 2.15. The summed E-state index contributed by atoms with van der Waals surface area (Å²) in [6, 6.07) is 5.30. The predicted molar refractivity (Wildman–Crippen MR) is 83.5 cm³/mol. The number of nitrogens with zero attached hydrogens (tertiary/aromatic N) is 1. The molecule has 1 N–H and O–H groups in total. The van der Waals surface area contributed by atoms with E-state index in [-0.39, 0.29) is 5.82 Å². The van der Waals surface area contributed by atoms with Crippen molar-refractivity contribution >= 4 is 11.3 Å². The molecule has 20 heavy (non-hydrogen) atoms. The van der Waals surface area contributed by atoms with Crippen LogP contribution >= 0.6 is 11.3 Å². The highest BCUT2D eigenvalue weighted by Gasteiger charge is 2.10. The average molecular weight is 292 g/mol. The number of aromatic nitrogens is 1. The predicted octanol–water partition coefficient (Wildman–Crippen LogP) is 4.31. The molecule has 2 nitrogen and oxygen atoms in total. The van der Waals surface area contributed by atoms with Crippen LogP contribution in [0.3, 0.4) is 0 Å². The zero-order valence-corrected chi connectivity index (χ0v) is 13.3. The van der Waals surface area contributed by atoms with Gasteiger partial charge in [0.2, 0.25) is 0 Å². The third-order valence-electron chi connectivity index (χ3n) is 3.15. The molecule has 1 aromatic heterocycles. The number of rotatable bonds is 5. The lowest BCUT2D eigenvalue weighted by Crippen LogP contribution is -2.18. The molecule has 108 valence electrons. The second kappa shape index (κ2) is 6.46. The number of nitrogens with one attached hydrogen (secondary N) is 1. The minimum absolute atomic E-state index is 0.171. The largest absolute Gasteiger partial charge is 0.312 e. The summed E-state index contributed by atoms with van der Waals surface area (Å²) in [7, 11) is 0. The van der Waals surface area contributed by atoms with Crippen molar-refractivity contribution in [3.63, 3.8) is 0 Å². The Morgan fingerprint density at radius 1 is 1.30 bits per heavy atom. The van der Waals surface area contributed by atoms with Gasteiger partial charge < -0.3 is 5.32 Å². The maximum absolute atomic E-state index is 13.6. The van der Waals surface area contributed by atoms with E-state index in [1.807, 2.05) is 13.0 Å². The molecule has 0 spiro atoms. The molecular weight excluding hydrogens is 271 g/mol. The highest BCUT2D eigenvalue weighted by atomic mass is 32.1. The molecule has 0 bridgehead atoms. The van der Waals surface area contributed by atoms with Gasteiger partial charge in [-0.1, -0.05) is 26.0 Å². The second-order valence-corrected chi connectivity index (χ2v) is 6.60. The summed E-state index contributed by atoms with van der Waals surface area (Å²) in [5, 5.41) is 4.32. The van der Waals surface area contributed by atoms with Crippen LogP contribution in [0.15, 0.2) is 18.2 Å². The van der Waals surface area contributed by atoms with Gasteiger partial charge >= 0.3 is 0 Å². The average Bonchev–Trinajstić information content (AvgIpc) is 2.74. The van der Waals surface area contributed by atoms with E-state index < -0.39 is 0 Å². The Hall–Kier alpha value is -1.26. The van der Waals surface area contributed by atoms with Crippen LogP contribution in [0.4, 0.5) is 4.39 Å².